The largest absolute Gasteiger partial charge is 0.377 e. The van der Waals surface area contributed by atoms with Crippen molar-refractivity contribution in [1.82, 2.24) is 0 Å². The lowest BCUT2D eigenvalue weighted by Gasteiger charge is -2.13. The van der Waals surface area contributed by atoms with E-state index in [9.17, 15) is 4.39 Å². The maximum atomic E-state index is 13.0. The molecule has 2 N–H and O–H groups in total. The summed E-state index contributed by atoms with van der Waals surface area (Å²) < 4.78 is 18.6. The number of halogens is 1. The zero-order valence-corrected chi connectivity index (χ0v) is 10.6. The Bertz CT molecular complexity index is 355. The highest BCUT2D eigenvalue weighted by molar-refractivity contribution is 7.99. The molecule has 4 heteroatoms. The Morgan fingerprint density at radius 1 is 1.53 bits per heavy atom. The number of benzene rings is 1. The van der Waals surface area contributed by atoms with E-state index in [-0.39, 0.29) is 11.9 Å². The first-order chi connectivity index (χ1) is 8.25. The molecule has 0 aliphatic carbocycles. The molecule has 0 spiro atoms. The van der Waals surface area contributed by atoms with Crippen LogP contribution in [0.2, 0.25) is 0 Å². The predicted molar refractivity (Wildman–Crippen MR) is 69.6 cm³/mol. The van der Waals surface area contributed by atoms with Gasteiger partial charge in [0.1, 0.15) is 5.82 Å². The van der Waals surface area contributed by atoms with Gasteiger partial charge in [-0.25, -0.2) is 4.39 Å². The highest BCUT2D eigenvalue weighted by atomic mass is 32.2. The monoisotopic (exact) mass is 255 g/mol. The Hall–Kier alpha value is -0.580. The SMILES string of the molecule is NC(CSCC1CCCO1)c1cccc(F)c1. The summed E-state index contributed by atoms with van der Waals surface area (Å²) in [4.78, 5) is 0. The van der Waals surface area contributed by atoms with E-state index in [0.29, 0.717) is 6.10 Å². The smallest absolute Gasteiger partial charge is 0.123 e. The van der Waals surface area contributed by atoms with Gasteiger partial charge in [0.25, 0.3) is 0 Å². The van der Waals surface area contributed by atoms with Crippen molar-refractivity contribution in [3.63, 3.8) is 0 Å². The molecule has 2 nitrogen and oxygen atoms in total. The van der Waals surface area contributed by atoms with Crippen LogP contribution in [0.3, 0.4) is 0 Å². The first kappa shape index (κ1) is 12.9. The summed E-state index contributed by atoms with van der Waals surface area (Å²) in [5.74, 6) is 1.58. The van der Waals surface area contributed by atoms with Crippen molar-refractivity contribution < 1.29 is 9.13 Å². The van der Waals surface area contributed by atoms with Gasteiger partial charge in [0.2, 0.25) is 0 Å². The van der Waals surface area contributed by atoms with Crippen LogP contribution in [0.15, 0.2) is 24.3 Å². The zero-order chi connectivity index (χ0) is 12.1. The molecule has 2 rings (SSSR count). The fraction of sp³-hybridized carbons (Fsp3) is 0.538. The maximum absolute atomic E-state index is 13.0. The summed E-state index contributed by atoms with van der Waals surface area (Å²) in [5, 5.41) is 0. The van der Waals surface area contributed by atoms with E-state index in [4.69, 9.17) is 10.5 Å². The topological polar surface area (TPSA) is 35.2 Å². The molecule has 17 heavy (non-hydrogen) atoms. The van der Waals surface area contributed by atoms with Gasteiger partial charge in [0, 0.05) is 24.2 Å². The van der Waals surface area contributed by atoms with Crippen molar-refractivity contribution in [3.8, 4) is 0 Å². The van der Waals surface area contributed by atoms with E-state index < -0.39 is 0 Å². The van der Waals surface area contributed by atoms with E-state index in [2.05, 4.69) is 0 Å². The Balaban J connectivity index is 1.74. The quantitative estimate of drug-likeness (QED) is 0.878. The Morgan fingerprint density at radius 2 is 2.41 bits per heavy atom. The van der Waals surface area contributed by atoms with Gasteiger partial charge in [-0.1, -0.05) is 12.1 Å². The van der Waals surface area contributed by atoms with Gasteiger partial charge in [-0.15, -0.1) is 0 Å². The lowest BCUT2D eigenvalue weighted by Crippen LogP contribution is -2.16. The molecule has 1 aromatic carbocycles. The summed E-state index contributed by atoms with van der Waals surface area (Å²) in [5.41, 5.74) is 6.89. The van der Waals surface area contributed by atoms with Crippen molar-refractivity contribution in [3.05, 3.63) is 35.6 Å². The standard InChI is InChI=1S/C13H18FNOS/c14-11-4-1-3-10(7-11)13(15)9-17-8-12-5-2-6-16-12/h1,3-4,7,12-13H,2,5-6,8-9,15H2. The number of hydrogen-bond acceptors (Lipinski definition) is 3. The van der Waals surface area contributed by atoms with Crippen LogP contribution < -0.4 is 5.73 Å². The number of ether oxygens (including phenoxy) is 1. The molecule has 0 amide bonds. The third-order valence-electron chi connectivity index (χ3n) is 2.90. The van der Waals surface area contributed by atoms with Crippen LogP contribution in [0.1, 0.15) is 24.4 Å². The average molecular weight is 255 g/mol. The van der Waals surface area contributed by atoms with Gasteiger partial charge in [0.05, 0.1) is 6.10 Å². The number of nitrogens with two attached hydrogens (primary N) is 1. The molecule has 1 aromatic rings. The van der Waals surface area contributed by atoms with Gasteiger partial charge in [-0.2, -0.15) is 11.8 Å². The third kappa shape index (κ3) is 3.98. The first-order valence-corrected chi connectivity index (χ1v) is 7.11. The van der Waals surface area contributed by atoms with E-state index in [1.54, 1.807) is 17.8 Å². The second-order valence-electron chi connectivity index (χ2n) is 4.33. The average Bonchev–Trinajstić information content (AvgIpc) is 2.82. The molecule has 1 saturated heterocycles. The minimum Gasteiger partial charge on any atom is -0.377 e. The summed E-state index contributed by atoms with van der Waals surface area (Å²) in [6.45, 7) is 0.890. The van der Waals surface area contributed by atoms with Crippen molar-refractivity contribution >= 4 is 11.8 Å². The fourth-order valence-corrected chi connectivity index (χ4v) is 3.04. The molecule has 0 saturated carbocycles. The van der Waals surface area contributed by atoms with E-state index in [0.717, 1.165) is 30.1 Å². The van der Waals surface area contributed by atoms with Gasteiger partial charge >= 0.3 is 0 Å². The Kier molecular flexibility index (Phi) is 4.83. The molecule has 2 unspecified atom stereocenters. The second kappa shape index (κ2) is 6.38. The van der Waals surface area contributed by atoms with Gasteiger partial charge in [0.15, 0.2) is 0 Å². The zero-order valence-electron chi connectivity index (χ0n) is 9.77. The second-order valence-corrected chi connectivity index (χ2v) is 5.41. The highest BCUT2D eigenvalue weighted by Gasteiger charge is 2.16. The molecule has 0 aromatic heterocycles. The lowest BCUT2D eigenvalue weighted by atomic mass is 10.1. The van der Waals surface area contributed by atoms with Crippen LogP contribution in [0.4, 0.5) is 4.39 Å². The van der Waals surface area contributed by atoms with Gasteiger partial charge < -0.3 is 10.5 Å². The van der Waals surface area contributed by atoms with E-state index in [1.807, 2.05) is 6.07 Å². The molecule has 2 atom stereocenters. The van der Waals surface area contributed by atoms with Crippen LogP contribution in [-0.2, 0) is 4.74 Å². The number of rotatable bonds is 5. The Morgan fingerprint density at radius 3 is 3.12 bits per heavy atom. The molecular formula is C13H18FNOS. The van der Waals surface area contributed by atoms with Crippen LogP contribution in [0.5, 0.6) is 0 Å². The summed E-state index contributed by atoms with van der Waals surface area (Å²) in [6, 6.07) is 6.43. The van der Waals surface area contributed by atoms with Gasteiger partial charge in [-0.05, 0) is 30.5 Å². The fourth-order valence-electron chi connectivity index (χ4n) is 1.94. The van der Waals surface area contributed by atoms with Crippen LogP contribution >= 0.6 is 11.8 Å². The summed E-state index contributed by atoms with van der Waals surface area (Å²) >= 11 is 1.79. The minimum atomic E-state index is -0.220. The molecule has 1 fully saturated rings. The normalized spacial score (nSPS) is 21.6. The lowest BCUT2D eigenvalue weighted by molar-refractivity contribution is 0.129. The molecular weight excluding hydrogens is 237 g/mol. The van der Waals surface area contributed by atoms with Crippen molar-refractivity contribution in [1.29, 1.82) is 0 Å². The van der Waals surface area contributed by atoms with E-state index >= 15 is 0 Å². The van der Waals surface area contributed by atoms with Crippen molar-refractivity contribution in [2.24, 2.45) is 5.73 Å². The molecule has 1 heterocycles. The summed E-state index contributed by atoms with van der Waals surface area (Å²) in [7, 11) is 0. The number of thioether (sulfide) groups is 1. The van der Waals surface area contributed by atoms with E-state index in [1.165, 1.54) is 18.6 Å². The van der Waals surface area contributed by atoms with Crippen molar-refractivity contribution in [2.75, 3.05) is 18.1 Å². The first-order valence-electron chi connectivity index (χ1n) is 5.96. The summed E-state index contributed by atoms with van der Waals surface area (Å²) in [6.07, 6.45) is 2.71. The van der Waals surface area contributed by atoms with Crippen molar-refractivity contribution in [2.45, 2.75) is 25.0 Å². The number of hydrogen-bond donors (Lipinski definition) is 1. The third-order valence-corrected chi connectivity index (χ3v) is 4.10. The Labute approximate surface area is 106 Å². The van der Waals surface area contributed by atoms with Crippen LogP contribution in [0, 0.1) is 5.82 Å². The maximum Gasteiger partial charge on any atom is 0.123 e. The van der Waals surface area contributed by atoms with Gasteiger partial charge in [-0.3, -0.25) is 0 Å². The van der Waals surface area contributed by atoms with Crippen LogP contribution in [0.25, 0.3) is 0 Å². The molecule has 94 valence electrons. The minimum absolute atomic E-state index is 0.0999. The molecule has 1 aliphatic rings. The molecule has 1 aliphatic heterocycles. The molecule has 0 bridgehead atoms. The predicted octanol–water partition coefficient (Wildman–Crippen LogP) is 2.74. The molecule has 0 radical (unpaired) electrons. The van der Waals surface area contributed by atoms with Crippen LogP contribution in [-0.4, -0.2) is 24.2 Å². The highest BCUT2D eigenvalue weighted by Crippen LogP contribution is 2.21.